The van der Waals surface area contributed by atoms with Crippen LogP contribution >= 0.6 is 11.3 Å². The number of hydrogen-bond donors (Lipinski definition) is 0. The number of sulfonamides is 1. The Bertz CT molecular complexity index is 654. The maximum Gasteiger partial charge on any atom is 0.252 e. The molecular formula is C16H26N2O3S2. The predicted molar refractivity (Wildman–Crippen MR) is 93.1 cm³/mol. The van der Waals surface area contributed by atoms with Gasteiger partial charge in [-0.2, -0.15) is 4.31 Å². The molecule has 5 nitrogen and oxygen atoms in total. The number of amides is 1. The third-order valence-corrected chi connectivity index (χ3v) is 7.98. The molecule has 1 amide bonds. The second-order valence-corrected chi connectivity index (χ2v) is 9.73. The van der Waals surface area contributed by atoms with Crippen LogP contribution in [0.3, 0.4) is 0 Å². The summed E-state index contributed by atoms with van der Waals surface area (Å²) in [6, 6.07) is 3.65. The smallest absolute Gasteiger partial charge is 0.252 e. The molecule has 1 fully saturated rings. The van der Waals surface area contributed by atoms with E-state index in [1.54, 1.807) is 11.0 Å². The largest absolute Gasteiger partial charge is 0.343 e. The van der Waals surface area contributed by atoms with Crippen LogP contribution < -0.4 is 0 Å². The molecule has 1 saturated heterocycles. The second-order valence-electron chi connectivity index (χ2n) is 6.27. The van der Waals surface area contributed by atoms with Crippen molar-refractivity contribution in [2.75, 3.05) is 20.1 Å². The van der Waals surface area contributed by atoms with Crippen LogP contribution in [0.1, 0.15) is 38.0 Å². The van der Waals surface area contributed by atoms with Crippen LogP contribution in [0.15, 0.2) is 16.3 Å². The minimum Gasteiger partial charge on any atom is -0.343 e. The highest BCUT2D eigenvalue weighted by Crippen LogP contribution is 2.29. The zero-order valence-corrected chi connectivity index (χ0v) is 15.9. The van der Waals surface area contributed by atoms with Crippen LogP contribution in [0.25, 0.3) is 0 Å². The first-order valence-electron chi connectivity index (χ1n) is 8.10. The minimum atomic E-state index is -3.48. The van der Waals surface area contributed by atoms with E-state index in [1.165, 1.54) is 15.6 Å². The number of aryl methyl sites for hydroxylation is 1. The Balaban J connectivity index is 2.13. The minimum absolute atomic E-state index is 0.0570. The fourth-order valence-corrected chi connectivity index (χ4v) is 5.78. The summed E-state index contributed by atoms with van der Waals surface area (Å²) in [4.78, 5) is 15.4. The summed E-state index contributed by atoms with van der Waals surface area (Å²) in [6.07, 6.45) is 2.38. The molecule has 0 N–H and O–H groups in total. The van der Waals surface area contributed by atoms with Crippen molar-refractivity contribution in [2.24, 2.45) is 5.92 Å². The van der Waals surface area contributed by atoms with Crippen molar-refractivity contribution < 1.29 is 13.2 Å². The van der Waals surface area contributed by atoms with Gasteiger partial charge in [0, 0.05) is 31.1 Å². The van der Waals surface area contributed by atoms with Crippen LogP contribution in [-0.2, 0) is 14.8 Å². The third kappa shape index (κ3) is 3.95. The lowest BCUT2D eigenvalue weighted by molar-refractivity contribution is -0.137. The SMILES string of the molecule is CCC(C)N(C)C(=O)C1CCCN(S(=O)(=O)c2ccc(C)s2)C1. The van der Waals surface area contributed by atoms with Gasteiger partial charge in [-0.15, -0.1) is 11.3 Å². The molecule has 0 spiro atoms. The molecule has 0 saturated carbocycles. The van der Waals surface area contributed by atoms with Crippen molar-refractivity contribution in [3.8, 4) is 0 Å². The molecule has 2 heterocycles. The van der Waals surface area contributed by atoms with Gasteiger partial charge in [0.25, 0.3) is 10.0 Å². The quantitative estimate of drug-likeness (QED) is 0.813. The lowest BCUT2D eigenvalue weighted by Gasteiger charge is -2.34. The molecule has 1 aromatic heterocycles. The lowest BCUT2D eigenvalue weighted by Crippen LogP contribution is -2.47. The summed E-state index contributed by atoms with van der Waals surface area (Å²) >= 11 is 1.29. The average Bonchev–Trinajstić information content (AvgIpc) is 3.00. The van der Waals surface area contributed by atoms with Gasteiger partial charge in [0.1, 0.15) is 4.21 Å². The molecule has 0 aromatic carbocycles. The Morgan fingerprint density at radius 3 is 2.74 bits per heavy atom. The van der Waals surface area contributed by atoms with Gasteiger partial charge in [-0.25, -0.2) is 8.42 Å². The van der Waals surface area contributed by atoms with Gasteiger partial charge in [-0.05, 0) is 45.2 Å². The molecule has 7 heteroatoms. The molecular weight excluding hydrogens is 332 g/mol. The molecule has 0 aliphatic carbocycles. The summed E-state index contributed by atoms with van der Waals surface area (Å²) in [6.45, 7) is 6.75. The maximum atomic E-state index is 12.7. The third-order valence-electron chi connectivity index (χ3n) is 4.64. The topological polar surface area (TPSA) is 57.7 Å². The van der Waals surface area contributed by atoms with Crippen LogP contribution in [0.5, 0.6) is 0 Å². The maximum absolute atomic E-state index is 12.7. The number of carbonyl (C=O) groups excluding carboxylic acids is 1. The van der Waals surface area contributed by atoms with E-state index in [0.717, 1.165) is 24.1 Å². The zero-order valence-electron chi connectivity index (χ0n) is 14.3. The Morgan fingerprint density at radius 1 is 1.48 bits per heavy atom. The number of carbonyl (C=O) groups is 1. The van der Waals surface area contributed by atoms with E-state index in [9.17, 15) is 13.2 Å². The van der Waals surface area contributed by atoms with Crippen LogP contribution in [0.2, 0.25) is 0 Å². The molecule has 2 rings (SSSR count). The summed E-state index contributed by atoms with van der Waals surface area (Å²) in [5, 5.41) is 0. The van der Waals surface area contributed by atoms with E-state index in [0.29, 0.717) is 17.3 Å². The van der Waals surface area contributed by atoms with Crippen LogP contribution in [-0.4, -0.2) is 49.7 Å². The van der Waals surface area contributed by atoms with Gasteiger partial charge in [0.15, 0.2) is 0 Å². The van der Waals surface area contributed by atoms with E-state index in [4.69, 9.17) is 0 Å². The van der Waals surface area contributed by atoms with Crippen LogP contribution in [0.4, 0.5) is 0 Å². The fourth-order valence-electron chi connectivity index (χ4n) is 2.82. The van der Waals surface area contributed by atoms with Crippen molar-refractivity contribution in [2.45, 2.75) is 50.3 Å². The molecule has 1 aliphatic rings. The van der Waals surface area contributed by atoms with Gasteiger partial charge in [0.05, 0.1) is 5.92 Å². The number of nitrogens with zero attached hydrogens (tertiary/aromatic N) is 2. The highest BCUT2D eigenvalue weighted by Gasteiger charge is 2.35. The van der Waals surface area contributed by atoms with Gasteiger partial charge in [0.2, 0.25) is 5.91 Å². The zero-order chi connectivity index (χ0) is 17.2. The van der Waals surface area contributed by atoms with Gasteiger partial charge in [-0.1, -0.05) is 6.92 Å². The summed E-state index contributed by atoms with van der Waals surface area (Å²) < 4.78 is 27.3. The fraction of sp³-hybridized carbons (Fsp3) is 0.688. The number of thiophene rings is 1. The highest BCUT2D eigenvalue weighted by atomic mass is 32.2. The molecule has 0 radical (unpaired) electrons. The monoisotopic (exact) mass is 358 g/mol. The first-order chi connectivity index (χ1) is 10.8. The normalized spacial score (nSPS) is 21.1. The highest BCUT2D eigenvalue weighted by molar-refractivity contribution is 7.91. The average molecular weight is 359 g/mol. The van der Waals surface area contributed by atoms with Gasteiger partial charge >= 0.3 is 0 Å². The molecule has 2 atom stereocenters. The number of piperidine rings is 1. The van der Waals surface area contributed by atoms with E-state index in [1.807, 2.05) is 33.9 Å². The number of rotatable bonds is 5. The van der Waals surface area contributed by atoms with E-state index >= 15 is 0 Å². The second kappa shape index (κ2) is 7.32. The molecule has 23 heavy (non-hydrogen) atoms. The summed E-state index contributed by atoms with van der Waals surface area (Å²) in [7, 11) is -1.67. The van der Waals surface area contributed by atoms with Crippen molar-refractivity contribution in [1.82, 2.24) is 9.21 Å². The van der Waals surface area contributed by atoms with Gasteiger partial charge in [-0.3, -0.25) is 4.79 Å². The molecule has 0 bridgehead atoms. The Kier molecular flexibility index (Phi) is 5.86. The van der Waals surface area contributed by atoms with Crippen molar-refractivity contribution in [1.29, 1.82) is 0 Å². The Hall–Kier alpha value is -0.920. The Morgan fingerprint density at radius 2 is 2.17 bits per heavy atom. The van der Waals surface area contributed by atoms with Gasteiger partial charge < -0.3 is 4.90 Å². The van der Waals surface area contributed by atoms with E-state index in [-0.39, 0.29) is 17.9 Å². The summed E-state index contributed by atoms with van der Waals surface area (Å²) in [5.41, 5.74) is 0. The Labute approximate surface area is 143 Å². The molecule has 1 aromatic rings. The van der Waals surface area contributed by atoms with E-state index in [2.05, 4.69) is 0 Å². The van der Waals surface area contributed by atoms with E-state index < -0.39 is 10.0 Å². The van der Waals surface area contributed by atoms with Crippen molar-refractivity contribution in [3.63, 3.8) is 0 Å². The molecule has 1 aliphatic heterocycles. The molecule has 130 valence electrons. The first-order valence-corrected chi connectivity index (χ1v) is 10.4. The predicted octanol–water partition coefficient (Wildman–Crippen LogP) is 2.71. The summed E-state index contributed by atoms with van der Waals surface area (Å²) in [5.74, 6) is -0.180. The van der Waals surface area contributed by atoms with Crippen molar-refractivity contribution >= 4 is 27.3 Å². The number of hydrogen-bond acceptors (Lipinski definition) is 4. The van der Waals surface area contributed by atoms with Crippen molar-refractivity contribution in [3.05, 3.63) is 17.0 Å². The van der Waals surface area contributed by atoms with Crippen LogP contribution in [0, 0.1) is 12.8 Å². The standard InChI is InChI=1S/C16H26N2O3S2/c1-5-12(2)17(4)16(19)14-7-6-10-18(11-14)23(20,21)15-9-8-13(3)22-15/h8-9,12,14H,5-7,10-11H2,1-4H3. The molecule has 2 unspecified atom stereocenters. The first kappa shape index (κ1) is 18.4. The lowest BCUT2D eigenvalue weighted by atomic mass is 9.97.